The molecule has 0 bridgehead atoms. The quantitative estimate of drug-likeness (QED) is 0.322. The molecule has 0 aliphatic carbocycles. The summed E-state index contributed by atoms with van der Waals surface area (Å²) in [6.45, 7) is 0.754. The number of H-pyrrole nitrogens is 1. The van der Waals surface area contributed by atoms with Crippen LogP contribution in [0.1, 0.15) is 11.7 Å². The summed E-state index contributed by atoms with van der Waals surface area (Å²) in [4.78, 5) is 15.5. The molecule has 0 saturated heterocycles. The van der Waals surface area contributed by atoms with Gasteiger partial charge in [0.1, 0.15) is 23.8 Å². The number of rotatable bonds is 8. The number of aliphatic hydroxyl groups is 1. The van der Waals surface area contributed by atoms with Crippen LogP contribution in [-0.2, 0) is 14.8 Å². The van der Waals surface area contributed by atoms with Gasteiger partial charge < -0.3 is 24.9 Å². The summed E-state index contributed by atoms with van der Waals surface area (Å²) >= 11 is 0. The molecule has 0 spiro atoms. The number of ether oxygens (including phenoxy) is 2. The van der Waals surface area contributed by atoms with Gasteiger partial charge in [0.2, 0.25) is 10.0 Å². The lowest BCUT2D eigenvalue weighted by Crippen LogP contribution is -2.42. The topological polar surface area (TPSA) is 121 Å². The van der Waals surface area contributed by atoms with Gasteiger partial charge in [0.05, 0.1) is 17.9 Å². The Morgan fingerprint density at radius 2 is 1.91 bits per heavy atom. The molecule has 35 heavy (non-hydrogen) atoms. The first-order chi connectivity index (χ1) is 16.8. The van der Waals surface area contributed by atoms with Gasteiger partial charge in [0, 0.05) is 35.4 Å². The molecule has 0 saturated carbocycles. The van der Waals surface area contributed by atoms with E-state index in [0.717, 1.165) is 28.4 Å². The second-order valence-corrected chi connectivity index (χ2v) is 10.2. The normalized spacial score (nSPS) is 14.7. The van der Waals surface area contributed by atoms with Crippen molar-refractivity contribution in [1.82, 2.24) is 10.3 Å². The zero-order valence-corrected chi connectivity index (χ0v) is 19.8. The summed E-state index contributed by atoms with van der Waals surface area (Å²) in [7, 11) is -3.82. The van der Waals surface area contributed by atoms with E-state index in [9.17, 15) is 18.3 Å². The highest BCUT2D eigenvalue weighted by Gasteiger charge is 2.33. The number of hydrogen-bond acceptors (Lipinski definition) is 7. The monoisotopic (exact) mass is 495 g/mol. The molecule has 3 aromatic carbocycles. The van der Waals surface area contributed by atoms with Crippen molar-refractivity contribution in [3.63, 3.8) is 0 Å². The molecule has 10 heteroatoms. The Balaban J connectivity index is 1.17. The Morgan fingerprint density at radius 1 is 1.11 bits per heavy atom. The number of aromatic nitrogens is 1. The summed E-state index contributed by atoms with van der Waals surface area (Å²) in [5, 5.41) is 16.0. The molecular formula is C25H25N3O6S. The minimum Gasteiger partial charge on any atom is -0.492 e. The summed E-state index contributed by atoms with van der Waals surface area (Å²) < 4.78 is 36.0. The fourth-order valence-electron chi connectivity index (χ4n) is 4.24. The Bertz CT molecular complexity index is 1510. The lowest BCUT2D eigenvalue weighted by atomic mass is 10.1. The molecule has 182 valence electrons. The number of carbonyl (C=O) groups excluding carboxylic acids is 1. The number of carbonyl (C=O) groups is 1. The van der Waals surface area contributed by atoms with Crippen LogP contribution >= 0.6 is 0 Å². The number of aliphatic hydroxyl groups excluding tert-OH is 1. The maximum atomic E-state index is 12.1. The van der Waals surface area contributed by atoms with Crippen LogP contribution in [0.4, 0.5) is 5.69 Å². The smallest absolute Gasteiger partial charge is 0.278 e. The number of nitrogens with zero attached hydrogens (tertiary/aromatic N) is 1. The van der Waals surface area contributed by atoms with Crippen LogP contribution in [0.2, 0.25) is 0 Å². The molecule has 1 aliphatic heterocycles. The van der Waals surface area contributed by atoms with Gasteiger partial charge in [-0.05, 0) is 35.9 Å². The average molecular weight is 496 g/mol. The second-order valence-electron chi connectivity index (χ2n) is 8.38. The second kappa shape index (κ2) is 9.21. The van der Waals surface area contributed by atoms with Gasteiger partial charge in [-0.1, -0.05) is 24.3 Å². The number of aromatic amines is 1. The maximum absolute atomic E-state index is 12.1. The highest BCUT2D eigenvalue weighted by Crippen LogP contribution is 2.36. The summed E-state index contributed by atoms with van der Waals surface area (Å²) in [5.74, 6) is 0.346. The average Bonchev–Trinajstić information content (AvgIpc) is 3.20. The first kappa shape index (κ1) is 23.2. The van der Waals surface area contributed by atoms with E-state index < -0.39 is 22.0 Å². The first-order valence-corrected chi connectivity index (χ1v) is 13.0. The van der Waals surface area contributed by atoms with Crippen LogP contribution < -0.4 is 19.1 Å². The molecule has 1 aliphatic rings. The van der Waals surface area contributed by atoms with E-state index in [1.807, 2.05) is 36.4 Å². The van der Waals surface area contributed by atoms with Crippen LogP contribution in [0, 0.1) is 0 Å². The summed E-state index contributed by atoms with van der Waals surface area (Å²) in [6.07, 6.45) is 0.0435. The van der Waals surface area contributed by atoms with Crippen molar-refractivity contribution in [2.45, 2.75) is 6.10 Å². The number of nitrogens with one attached hydrogen (secondary N) is 2. The number of benzene rings is 3. The SMILES string of the molecule is CS(=O)(=O)N1C(=O)COc2ccc(C(O)CNCCOc3ccc4c(c3)[nH]c3ccccc34)cc21. The standard InChI is InChI=1S/C25H25N3O6S/c1-35(31,32)28-22-12-16(6-9-24(22)34-15-25(28)30)23(29)14-26-10-11-33-17-7-8-19-18-4-2-3-5-20(18)27-21(19)13-17/h2-9,12-13,23,26-27,29H,10-11,14-15H2,1H3. The molecule has 4 aromatic rings. The van der Waals surface area contributed by atoms with E-state index in [0.29, 0.717) is 23.0 Å². The molecule has 3 N–H and O–H groups in total. The molecule has 1 atom stereocenters. The lowest BCUT2D eigenvalue weighted by Gasteiger charge is -2.28. The van der Waals surface area contributed by atoms with E-state index in [1.54, 1.807) is 12.1 Å². The Kier molecular flexibility index (Phi) is 6.10. The zero-order chi connectivity index (χ0) is 24.6. The Morgan fingerprint density at radius 3 is 2.74 bits per heavy atom. The number of hydrogen-bond donors (Lipinski definition) is 3. The first-order valence-electron chi connectivity index (χ1n) is 11.1. The van der Waals surface area contributed by atoms with E-state index in [-0.39, 0.29) is 24.6 Å². The van der Waals surface area contributed by atoms with Gasteiger partial charge in [-0.2, -0.15) is 0 Å². The van der Waals surface area contributed by atoms with Crippen LogP contribution in [0.3, 0.4) is 0 Å². The highest BCUT2D eigenvalue weighted by atomic mass is 32.2. The third-order valence-corrected chi connectivity index (χ3v) is 6.92. The molecule has 2 heterocycles. The molecular weight excluding hydrogens is 470 g/mol. The van der Waals surface area contributed by atoms with Gasteiger partial charge in [0.25, 0.3) is 5.91 Å². The van der Waals surface area contributed by atoms with Crippen LogP contribution in [0.25, 0.3) is 21.8 Å². The van der Waals surface area contributed by atoms with Crippen LogP contribution in [-0.4, -0.2) is 57.0 Å². The van der Waals surface area contributed by atoms with E-state index in [1.165, 1.54) is 11.5 Å². The molecule has 0 fully saturated rings. The maximum Gasteiger partial charge on any atom is 0.278 e. The minimum absolute atomic E-state index is 0.107. The van der Waals surface area contributed by atoms with Crippen molar-refractivity contribution < 1.29 is 27.8 Å². The minimum atomic E-state index is -3.82. The fourth-order valence-corrected chi connectivity index (χ4v) is 5.16. The molecule has 5 rings (SSSR count). The number of fused-ring (bicyclic) bond motifs is 4. The van der Waals surface area contributed by atoms with Gasteiger partial charge in [0.15, 0.2) is 6.61 Å². The third kappa shape index (κ3) is 4.68. The molecule has 0 radical (unpaired) electrons. The third-order valence-electron chi connectivity index (χ3n) is 5.86. The predicted molar refractivity (Wildman–Crippen MR) is 133 cm³/mol. The van der Waals surface area contributed by atoms with Crippen molar-refractivity contribution in [1.29, 1.82) is 0 Å². The van der Waals surface area contributed by atoms with Gasteiger partial charge >= 0.3 is 0 Å². The zero-order valence-electron chi connectivity index (χ0n) is 19.0. The van der Waals surface area contributed by atoms with Crippen molar-refractivity contribution in [2.75, 3.05) is 36.9 Å². The van der Waals surface area contributed by atoms with Crippen molar-refractivity contribution in [3.05, 3.63) is 66.2 Å². The largest absolute Gasteiger partial charge is 0.492 e. The van der Waals surface area contributed by atoms with Gasteiger partial charge in [-0.3, -0.25) is 4.79 Å². The van der Waals surface area contributed by atoms with Gasteiger partial charge in [-0.15, -0.1) is 0 Å². The summed E-state index contributed by atoms with van der Waals surface area (Å²) in [6, 6.07) is 18.7. The van der Waals surface area contributed by atoms with E-state index in [2.05, 4.69) is 16.4 Å². The van der Waals surface area contributed by atoms with Crippen molar-refractivity contribution in [3.8, 4) is 11.5 Å². The lowest BCUT2D eigenvalue weighted by molar-refractivity contribution is -0.120. The molecule has 1 unspecified atom stereocenters. The van der Waals surface area contributed by atoms with Crippen molar-refractivity contribution >= 4 is 43.4 Å². The number of amides is 1. The van der Waals surface area contributed by atoms with E-state index in [4.69, 9.17) is 9.47 Å². The summed E-state index contributed by atoms with van der Waals surface area (Å²) in [5.41, 5.74) is 2.66. The Labute approximate surface area is 202 Å². The number of para-hydroxylation sites is 1. The van der Waals surface area contributed by atoms with Crippen LogP contribution in [0.5, 0.6) is 11.5 Å². The molecule has 1 aromatic heterocycles. The van der Waals surface area contributed by atoms with Gasteiger partial charge in [-0.25, -0.2) is 12.7 Å². The number of sulfonamides is 1. The van der Waals surface area contributed by atoms with Crippen molar-refractivity contribution in [2.24, 2.45) is 0 Å². The fraction of sp³-hybridized carbons (Fsp3) is 0.240. The van der Waals surface area contributed by atoms with Crippen LogP contribution in [0.15, 0.2) is 60.7 Å². The Hall–Kier alpha value is -3.60. The molecule has 9 nitrogen and oxygen atoms in total. The predicted octanol–water partition coefficient (Wildman–Crippen LogP) is 2.71. The number of anilines is 1. The molecule has 1 amide bonds. The highest BCUT2D eigenvalue weighted by molar-refractivity contribution is 7.92. The van der Waals surface area contributed by atoms with E-state index >= 15 is 0 Å².